The average molecular weight is 219 g/mol. The number of nitrogens with two attached hydrogens (primary N) is 1. The molecule has 0 atom stereocenters. The molecule has 0 aliphatic carbocycles. The third-order valence-corrected chi connectivity index (χ3v) is 2.78. The summed E-state index contributed by atoms with van der Waals surface area (Å²) in [5, 5.41) is 6.21. The minimum Gasteiger partial charge on any atom is -0.332 e. The number of para-hydroxylation sites is 1. The van der Waals surface area contributed by atoms with Crippen molar-refractivity contribution in [2.45, 2.75) is 6.42 Å². The quantitative estimate of drug-likeness (QED) is 0.830. The Morgan fingerprint density at radius 2 is 2.07 bits per heavy atom. The fourth-order valence-corrected chi connectivity index (χ4v) is 2.04. The molecule has 0 fully saturated rings. The van der Waals surface area contributed by atoms with Gasteiger partial charge in [-0.3, -0.25) is 0 Å². The molecular formula is C11H13N3S. The first kappa shape index (κ1) is 10.1. The van der Waals surface area contributed by atoms with Crippen molar-refractivity contribution in [3.8, 4) is 0 Å². The van der Waals surface area contributed by atoms with Gasteiger partial charge in [-0.1, -0.05) is 18.2 Å². The Hall–Kier alpha value is -1.39. The van der Waals surface area contributed by atoms with E-state index in [4.69, 9.17) is 5.73 Å². The summed E-state index contributed by atoms with van der Waals surface area (Å²) < 4.78 is 0. The SMILES string of the molecule is NCCc1csc(Nc2ccccc2)n1. The molecule has 0 radical (unpaired) electrons. The maximum atomic E-state index is 5.47. The van der Waals surface area contributed by atoms with E-state index >= 15 is 0 Å². The highest BCUT2D eigenvalue weighted by molar-refractivity contribution is 7.13. The molecular weight excluding hydrogens is 206 g/mol. The van der Waals surface area contributed by atoms with Crippen molar-refractivity contribution in [3.05, 3.63) is 41.4 Å². The van der Waals surface area contributed by atoms with Gasteiger partial charge in [0.2, 0.25) is 0 Å². The molecule has 2 aromatic rings. The Morgan fingerprint density at radius 1 is 1.27 bits per heavy atom. The van der Waals surface area contributed by atoms with Gasteiger partial charge in [0, 0.05) is 17.5 Å². The van der Waals surface area contributed by atoms with Crippen molar-refractivity contribution in [1.29, 1.82) is 0 Å². The van der Waals surface area contributed by atoms with Gasteiger partial charge in [0.15, 0.2) is 5.13 Å². The van der Waals surface area contributed by atoms with Crippen molar-refractivity contribution >= 4 is 22.2 Å². The minimum absolute atomic E-state index is 0.647. The molecule has 1 aromatic carbocycles. The molecule has 0 spiro atoms. The predicted octanol–water partition coefficient (Wildman–Crippen LogP) is 2.39. The molecule has 78 valence electrons. The van der Waals surface area contributed by atoms with Crippen molar-refractivity contribution < 1.29 is 0 Å². The van der Waals surface area contributed by atoms with Crippen LogP contribution >= 0.6 is 11.3 Å². The van der Waals surface area contributed by atoms with Crippen LogP contribution in [-0.2, 0) is 6.42 Å². The molecule has 1 aromatic heterocycles. The van der Waals surface area contributed by atoms with E-state index in [-0.39, 0.29) is 0 Å². The predicted molar refractivity (Wildman–Crippen MR) is 64.6 cm³/mol. The number of nitrogens with zero attached hydrogens (tertiary/aromatic N) is 1. The Morgan fingerprint density at radius 3 is 2.80 bits per heavy atom. The lowest BCUT2D eigenvalue weighted by Gasteiger charge is -2.00. The normalized spacial score (nSPS) is 10.2. The molecule has 0 bridgehead atoms. The number of rotatable bonds is 4. The van der Waals surface area contributed by atoms with E-state index in [1.807, 2.05) is 35.7 Å². The highest BCUT2D eigenvalue weighted by Crippen LogP contribution is 2.20. The van der Waals surface area contributed by atoms with Gasteiger partial charge in [-0.2, -0.15) is 0 Å². The van der Waals surface area contributed by atoms with Crippen molar-refractivity contribution in [2.24, 2.45) is 5.73 Å². The Kier molecular flexibility index (Phi) is 3.32. The van der Waals surface area contributed by atoms with Crippen LogP contribution in [0.4, 0.5) is 10.8 Å². The summed E-state index contributed by atoms with van der Waals surface area (Å²) in [6, 6.07) is 10.0. The summed E-state index contributed by atoms with van der Waals surface area (Å²) in [6.07, 6.45) is 0.840. The number of aromatic nitrogens is 1. The lowest BCUT2D eigenvalue weighted by atomic mass is 10.3. The summed E-state index contributed by atoms with van der Waals surface area (Å²) in [6.45, 7) is 0.647. The molecule has 3 N–H and O–H groups in total. The van der Waals surface area contributed by atoms with Crippen LogP contribution in [0.5, 0.6) is 0 Å². The molecule has 15 heavy (non-hydrogen) atoms. The number of nitrogens with one attached hydrogen (secondary N) is 1. The number of benzene rings is 1. The second kappa shape index (κ2) is 4.91. The summed E-state index contributed by atoms with van der Waals surface area (Å²) in [5.41, 5.74) is 7.58. The average Bonchev–Trinajstić information content (AvgIpc) is 2.68. The molecule has 0 saturated heterocycles. The van der Waals surface area contributed by atoms with E-state index in [2.05, 4.69) is 10.3 Å². The lowest BCUT2D eigenvalue weighted by molar-refractivity contribution is 0.936. The van der Waals surface area contributed by atoms with E-state index in [0.29, 0.717) is 6.54 Å². The zero-order valence-electron chi connectivity index (χ0n) is 8.31. The Labute approximate surface area is 93.0 Å². The lowest BCUT2D eigenvalue weighted by Crippen LogP contribution is -2.02. The largest absolute Gasteiger partial charge is 0.332 e. The topological polar surface area (TPSA) is 50.9 Å². The van der Waals surface area contributed by atoms with Crippen LogP contribution < -0.4 is 11.1 Å². The fraction of sp³-hybridized carbons (Fsp3) is 0.182. The molecule has 0 saturated carbocycles. The summed E-state index contributed by atoms with van der Waals surface area (Å²) in [5.74, 6) is 0. The molecule has 3 nitrogen and oxygen atoms in total. The third kappa shape index (κ3) is 2.78. The number of hydrogen-bond donors (Lipinski definition) is 2. The molecule has 1 heterocycles. The number of hydrogen-bond acceptors (Lipinski definition) is 4. The van der Waals surface area contributed by atoms with Gasteiger partial charge in [-0.05, 0) is 18.7 Å². The van der Waals surface area contributed by atoms with E-state index in [0.717, 1.165) is 22.9 Å². The van der Waals surface area contributed by atoms with Gasteiger partial charge in [0.05, 0.1) is 5.69 Å². The van der Waals surface area contributed by atoms with E-state index in [1.165, 1.54) is 0 Å². The van der Waals surface area contributed by atoms with Crippen LogP contribution in [0.2, 0.25) is 0 Å². The summed E-state index contributed by atoms with van der Waals surface area (Å²) in [4.78, 5) is 4.42. The maximum Gasteiger partial charge on any atom is 0.187 e. The Balaban J connectivity index is 2.05. The van der Waals surface area contributed by atoms with E-state index in [1.54, 1.807) is 11.3 Å². The van der Waals surface area contributed by atoms with Gasteiger partial charge < -0.3 is 11.1 Å². The molecule has 0 unspecified atom stereocenters. The first-order valence-electron chi connectivity index (χ1n) is 4.85. The van der Waals surface area contributed by atoms with Gasteiger partial charge in [-0.15, -0.1) is 11.3 Å². The summed E-state index contributed by atoms with van der Waals surface area (Å²) in [7, 11) is 0. The zero-order chi connectivity index (χ0) is 10.5. The molecule has 0 amide bonds. The standard InChI is InChI=1S/C11H13N3S/c12-7-6-10-8-15-11(14-10)13-9-4-2-1-3-5-9/h1-5,8H,6-7,12H2,(H,13,14). The van der Waals surface area contributed by atoms with E-state index < -0.39 is 0 Å². The second-order valence-electron chi connectivity index (χ2n) is 3.17. The molecule has 2 rings (SSSR count). The van der Waals surface area contributed by atoms with Crippen LogP contribution in [0.3, 0.4) is 0 Å². The van der Waals surface area contributed by atoms with Gasteiger partial charge in [0.25, 0.3) is 0 Å². The van der Waals surface area contributed by atoms with Crippen LogP contribution in [0.25, 0.3) is 0 Å². The fourth-order valence-electron chi connectivity index (χ4n) is 1.27. The van der Waals surface area contributed by atoms with Crippen molar-refractivity contribution in [1.82, 2.24) is 4.98 Å². The highest BCUT2D eigenvalue weighted by atomic mass is 32.1. The maximum absolute atomic E-state index is 5.47. The molecule has 0 aliphatic rings. The number of anilines is 2. The van der Waals surface area contributed by atoms with Crippen molar-refractivity contribution in [3.63, 3.8) is 0 Å². The second-order valence-corrected chi connectivity index (χ2v) is 4.03. The zero-order valence-corrected chi connectivity index (χ0v) is 9.13. The van der Waals surface area contributed by atoms with E-state index in [9.17, 15) is 0 Å². The van der Waals surface area contributed by atoms with Crippen LogP contribution in [0.1, 0.15) is 5.69 Å². The Bertz CT molecular complexity index is 411. The first-order valence-corrected chi connectivity index (χ1v) is 5.73. The number of thiazole rings is 1. The summed E-state index contributed by atoms with van der Waals surface area (Å²) >= 11 is 1.61. The smallest absolute Gasteiger partial charge is 0.187 e. The van der Waals surface area contributed by atoms with Crippen molar-refractivity contribution in [2.75, 3.05) is 11.9 Å². The van der Waals surface area contributed by atoms with Gasteiger partial charge in [-0.25, -0.2) is 4.98 Å². The third-order valence-electron chi connectivity index (χ3n) is 1.98. The van der Waals surface area contributed by atoms with Gasteiger partial charge >= 0.3 is 0 Å². The van der Waals surface area contributed by atoms with Crippen LogP contribution in [0, 0.1) is 0 Å². The van der Waals surface area contributed by atoms with Gasteiger partial charge in [0.1, 0.15) is 0 Å². The van der Waals surface area contributed by atoms with Crippen LogP contribution in [-0.4, -0.2) is 11.5 Å². The first-order chi connectivity index (χ1) is 7.38. The molecule has 4 heteroatoms. The monoisotopic (exact) mass is 219 g/mol. The minimum atomic E-state index is 0.647. The highest BCUT2D eigenvalue weighted by Gasteiger charge is 2.00. The van der Waals surface area contributed by atoms with Crippen LogP contribution in [0.15, 0.2) is 35.7 Å². The molecule has 0 aliphatic heterocycles.